The van der Waals surface area contributed by atoms with E-state index < -0.39 is 0 Å². The topological polar surface area (TPSA) is 39.7 Å². The smallest absolute Gasteiger partial charge is 0.203 e. The molecule has 0 saturated carbocycles. The highest BCUT2D eigenvalue weighted by molar-refractivity contribution is 7.10. The van der Waals surface area contributed by atoms with Gasteiger partial charge in [0.15, 0.2) is 11.5 Å². The molecule has 0 amide bonds. The van der Waals surface area contributed by atoms with E-state index in [0.29, 0.717) is 29.9 Å². The van der Waals surface area contributed by atoms with Crippen LogP contribution in [0.15, 0.2) is 35.7 Å². The normalized spacial score (nSPS) is 12.0. The van der Waals surface area contributed by atoms with Crippen molar-refractivity contribution < 1.29 is 14.2 Å². The third-order valence-corrected chi connectivity index (χ3v) is 4.21. The van der Waals surface area contributed by atoms with Gasteiger partial charge in [0.1, 0.15) is 6.61 Å². The SMILES string of the molecule is COc1cccc(OC)c1OCCNC(C)c1cccs1. The molecule has 114 valence electrons. The van der Waals surface area contributed by atoms with Crippen molar-refractivity contribution in [3.05, 3.63) is 40.6 Å². The first kappa shape index (κ1) is 15.7. The van der Waals surface area contributed by atoms with Gasteiger partial charge < -0.3 is 19.5 Å². The molecule has 0 radical (unpaired) electrons. The van der Waals surface area contributed by atoms with E-state index in [-0.39, 0.29) is 0 Å². The summed E-state index contributed by atoms with van der Waals surface area (Å²) in [6, 6.07) is 10.1. The Bertz CT molecular complexity index is 520. The maximum atomic E-state index is 5.81. The summed E-state index contributed by atoms with van der Waals surface area (Å²) in [6.45, 7) is 3.45. The van der Waals surface area contributed by atoms with Crippen molar-refractivity contribution in [3.8, 4) is 17.2 Å². The third-order valence-electron chi connectivity index (χ3n) is 3.15. The second-order valence-electron chi connectivity index (χ2n) is 4.53. The largest absolute Gasteiger partial charge is 0.493 e. The lowest BCUT2D eigenvalue weighted by molar-refractivity contribution is 0.270. The minimum atomic E-state index is 0.327. The highest BCUT2D eigenvalue weighted by Gasteiger charge is 2.11. The van der Waals surface area contributed by atoms with Crippen molar-refractivity contribution in [2.24, 2.45) is 0 Å². The van der Waals surface area contributed by atoms with Crippen LogP contribution in [0.25, 0.3) is 0 Å². The Kier molecular flexibility index (Phi) is 5.90. The van der Waals surface area contributed by atoms with Gasteiger partial charge in [-0.1, -0.05) is 12.1 Å². The van der Waals surface area contributed by atoms with Gasteiger partial charge in [-0.25, -0.2) is 0 Å². The monoisotopic (exact) mass is 307 g/mol. The summed E-state index contributed by atoms with van der Waals surface area (Å²) in [7, 11) is 3.25. The Morgan fingerprint density at radius 1 is 1.10 bits per heavy atom. The number of benzene rings is 1. The summed E-state index contributed by atoms with van der Waals surface area (Å²) >= 11 is 1.75. The highest BCUT2D eigenvalue weighted by Crippen LogP contribution is 2.36. The average molecular weight is 307 g/mol. The van der Waals surface area contributed by atoms with Crippen LogP contribution in [0.4, 0.5) is 0 Å². The first-order valence-electron chi connectivity index (χ1n) is 6.86. The van der Waals surface area contributed by atoms with E-state index in [9.17, 15) is 0 Å². The fourth-order valence-electron chi connectivity index (χ4n) is 2.03. The number of nitrogens with one attached hydrogen (secondary N) is 1. The van der Waals surface area contributed by atoms with Crippen LogP contribution in [-0.4, -0.2) is 27.4 Å². The number of para-hydroxylation sites is 1. The zero-order valence-electron chi connectivity index (χ0n) is 12.6. The fourth-order valence-corrected chi connectivity index (χ4v) is 2.79. The molecule has 0 saturated heterocycles. The van der Waals surface area contributed by atoms with Crippen LogP contribution in [0.2, 0.25) is 0 Å². The van der Waals surface area contributed by atoms with E-state index in [2.05, 4.69) is 29.8 Å². The van der Waals surface area contributed by atoms with Gasteiger partial charge in [-0.2, -0.15) is 0 Å². The van der Waals surface area contributed by atoms with Crippen LogP contribution >= 0.6 is 11.3 Å². The average Bonchev–Trinajstić information content (AvgIpc) is 3.05. The van der Waals surface area contributed by atoms with E-state index in [0.717, 1.165) is 6.54 Å². The number of methoxy groups -OCH3 is 2. The minimum absolute atomic E-state index is 0.327. The van der Waals surface area contributed by atoms with Gasteiger partial charge in [0.25, 0.3) is 0 Å². The lowest BCUT2D eigenvalue weighted by atomic mass is 10.3. The van der Waals surface area contributed by atoms with E-state index in [4.69, 9.17) is 14.2 Å². The molecule has 1 N–H and O–H groups in total. The molecule has 0 aliphatic carbocycles. The maximum absolute atomic E-state index is 5.81. The quantitative estimate of drug-likeness (QED) is 0.758. The molecule has 0 spiro atoms. The summed E-state index contributed by atoms with van der Waals surface area (Å²) in [4.78, 5) is 1.32. The Morgan fingerprint density at radius 2 is 1.81 bits per heavy atom. The Morgan fingerprint density at radius 3 is 2.38 bits per heavy atom. The lowest BCUT2D eigenvalue weighted by Crippen LogP contribution is -2.23. The van der Waals surface area contributed by atoms with E-state index in [1.807, 2.05) is 18.2 Å². The van der Waals surface area contributed by atoms with Crippen LogP contribution in [0.1, 0.15) is 17.8 Å². The zero-order valence-corrected chi connectivity index (χ0v) is 13.4. The molecule has 4 nitrogen and oxygen atoms in total. The van der Waals surface area contributed by atoms with E-state index >= 15 is 0 Å². The second-order valence-corrected chi connectivity index (χ2v) is 5.51. The zero-order chi connectivity index (χ0) is 15.1. The van der Waals surface area contributed by atoms with E-state index in [1.54, 1.807) is 25.6 Å². The molecule has 1 atom stereocenters. The predicted molar refractivity (Wildman–Crippen MR) is 85.8 cm³/mol. The number of ether oxygens (including phenoxy) is 3. The summed E-state index contributed by atoms with van der Waals surface area (Å²) < 4.78 is 16.4. The molecule has 1 unspecified atom stereocenters. The summed E-state index contributed by atoms with van der Waals surface area (Å²) in [6.07, 6.45) is 0. The number of thiophene rings is 1. The number of rotatable bonds is 8. The van der Waals surface area contributed by atoms with Crippen LogP contribution < -0.4 is 19.5 Å². The molecule has 21 heavy (non-hydrogen) atoms. The predicted octanol–water partition coefficient (Wildman–Crippen LogP) is 3.49. The Hall–Kier alpha value is -1.72. The molecular formula is C16H21NO3S. The van der Waals surface area contributed by atoms with Crippen LogP contribution in [0, 0.1) is 0 Å². The maximum Gasteiger partial charge on any atom is 0.203 e. The number of hydrogen-bond donors (Lipinski definition) is 1. The molecule has 5 heteroatoms. The van der Waals surface area contributed by atoms with Crippen molar-refractivity contribution in [1.82, 2.24) is 5.32 Å². The van der Waals surface area contributed by atoms with Crippen LogP contribution in [0.5, 0.6) is 17.2 Å². The third kappa shape index (κ3) is 4.12. The lowest BCUT2D eigenvalue weighted by Gasteiger charge is -2.16. The molecule has 0 bridgehead atoms. The first-order chi connectivity index (χ1) is 10.3. The molecule has 0 aliphatic rings. The first-order valence-corrected chi connectivity index (χ1v) is 7.74. The van der Waals surface area contributed by atoms with Gasteiger partial charge in [-0.05, 0) is 30.5 Å². The van der Waals surface area contributed by atoms with Crippen molar-refractivity contribution in [1.29, 1.82) is 0 Å². The molecule has 2 rings (SSSR count). The summed E-state index contributed by atoms with van der Waals surface area (Å²) in [5.41, 5.74) is 0. The minimum Gasteiger partial charge on any atom is -0.493 e. The molecule has 1 aromatic carbocycles. The summed E-state index contributed by atoms with van der Waals surface area (Å²) in [5.74, 6) is 2.01. The fraction of sp³-hybridized carbons (Fsp3) is 0.375. The molecule has 1 heterocycles. The molecular weight excluding hydrogens is 286 g/mol. The summed E-state index contributed by atoms with van der Waals surface area (Å²) in [5, 5.41) is 5.52. The van der Waals surface area contributed by atoms with Gasteiger partial charge in [0, 0.05) is 17.5 Å². The molecule has 0 fully saturated rings. The van der Waals surface area contributed by atoms with Gasteiger partial charge in [0.2, 0.25) is 5.75 Å². The molecule has 0 aliphatic heterocycles. The number of hydrogen-bond acceptors (Lipinski definition) is 5. The standard InChI is InChI=1S/C16H21NO3S/c1-12(15-8-5-11-21-15)17-9-10-20-16-13(18-2)6-4-7-14(16)19-3/h4-8,11-12,17H,9-10H2,1-3H3. The van der Waals surface area contributed by atoms with Gasteiger partial charge in [-0.15, -0.1) is 11.3 Å². The van der Waals surface area contributed by atoms with E-state index in [1.165, 1.54) is 4.88 Å². The van der Waals surface area contributed by atoms with Crippen molar-refractivity contribution in [2.75, 3.05) is 27.4 Å². The van der Waals surface area contributed by atoms with Crippen molar-refractivity contribution in [3.63, 3.8) is 0 Å². The van der Waals surface area contributed by atoms with Gasteiger partial charge in [-0.3, -0.25) is 0 Å². The Balaban J connectivity index is 1.86. The van der Waals surface area contributed by atoms with Crippen LogP contribution in [-0.2, 0) is 0 Å². The molecule has 1 aromatic heterocycles. The molecule has 2 aromatic rings. The Labute approximate surface area is 129 Å². The van der Waals surface area contributed by atoms with Gasteiger partial charge in [0.05, 0.1) is 14.2 Å². The highest BCUT2D eigenvalue weighted by atomic mass is 32.1. The second kappa shape index (κ2) is 7.90. The van der Waals surface area contributed by atoms with Crippen LogP contribution in [0.3, 0.4) is 0 Å². The van der Waals surface area contributed by atoms with Gasteiger partial charge >= 0.3 is 0 Å². The van der Waals surface area contributed by atoms with Crippen molar-refractivity contribution in [2.45, 2.75) is 13.0 Å². The van der Waals surface area contributed by atoms with Crippen molar-refractivity contribution >= 4 is 11.3 Å².